The van der Waals surface area contributed by atoms with Crippen LogP contribution in [0.25, 0.3) is 11.3 Å². The van der Waals surface area contributed by atoms with Gasteiger partial charge in [0.1, 0.15) is 5.82 Å². The molecule has 0 saturated heterocycles. The number of nitrogens with one attached hydrogen (secondary N) is 2. The summed E-state index contributed by atoms with van der Waals surface area (Å²) in [6.45, 7) is 6.13. The van der Waals surface area contributed by atoms with Crippen molar-refractivity contribution >= 4 is 17.5 Å². The van der Waals surface area contributed by atoms with E-state index in [0.717, 1.165) is 35.9 Å². The number of para-hydroxylation sites is 1. The number of nitrogens with zero attached hydrogens (tertiary/aromatic N) is 3. The molecule has 0 aliphatic rings. The zero-order chi connectivity index (χ0) is 19.9. The van der Waals surface area contributed by atoms with Gasteiger partial charge in [-0.05, 0) is 31.6 Å². The normalized spacial score (nSPS) is 11.1. The number of hydrogen-bond acceptors (Lipinski definition) is 5. The summed E-state index contributed by atoms with van der Waals surface area (Å²) >= 11 is 0. The van der Waals surface area contributed by atoms with E-state index < -0.39 is 0 Å². The van der Waals surface area contributed by atoms with Crippen molar-refractivity contribution in [2.75, 3.05) is 37.8 Å². The molecule has 146 valence electrons. The van der Waals surface area contributed by atoms with E-state index in [1.807, 2.05) is 30.3 Å². The van der Waals surface area contributed by atoms with Crippen LogP contribution in [0.5, 0.6) is 0 Å². The molecule has 5 heteroatoms. The lowest BCUT2D eigenvalue weighted by molar-refractivity contribution is 0.425. The minimum absolute atomic E-state index is 0.415. The standard InChI is InChI=1S/C23H29N5/c1-17(2)19-12-8-9-13-20(19)25-23-26-21(18-10-6-5-7-11-18)16-22(27-23)24-14-15-28(3)4/h5-13,16-17H,14-15H2,1-4H3,(H2,24,25,26,27). The lowest BCUT2D eigenvalue weighted by atomic mass is 10.0. The Morgan fingerprint density at radius 1 is 0.929 bits per heavy atom. The van der Waals surface area contributed by atoms with Crippen molar-refractivity contribution in [3.05, 3.63) is 66.2 Å². The summed E-state index contributed by atoms with van der Waals surface area (Å²) in [5.74, 6) is 1.83. The first-order valence-corrected chi connectivity index (χ1v) is 9.72. The van der Waals surface area contributed by atoms with Gasteiger partial charge in [-0.25, -0.2) is 4.98 Å². The van der Waals surface area contributed by atoms with Crippen molar-refractivity contribution in [2.24, 2.45) is 0 Å². The molecule has 3 aromatic rings. The minimum Gasteiger partial charge on any atom is -0.369 e. The number of anilines is 3. The third kappa shape index (κ3) is 5.30. The van der Waals surface area contributed by atoms with Crippen LogP contribution >= 0.6 is 0 Å². The average Bonchev–Trinajstić information content (AvgIpc) is 2.68. The first-order chi connectivity index (χ1) is 13.5. The summed E-state index contributed by atoms with van der Waals surface area (Å²) in [5.41, 5.74) is 4.26. The van der Waals surface area contributed by atoms with Gasteiger partial charge in [-0.1, -0.05) is 62.4 Å². The Balaban J connectivity index is 1.93. The molecule has 1 heterocycles. The van der Waals surface area contributed by atoms with E-state index in [9.17, 15) is 0 Å². The van der Waals surface area contributed by atoms with Crippen LogP contribution in [0.3, 0.4) is 0 Å². The highest BCUT2D eigenvalue weighted by atomic mass is 15.2. The van der Waals surface area contributed by atoms with Gasteiger partial charge in [0.05, 0.1) is 5.69 Å². The van der Waals surface area contributed by atoms with E-state index in [-0.39, 0.29) is 0 Å². The van der Waals surface area contributed by atoms with Crippen LogP contribution in [-0.4, -0.2) is 42.1 Å². The topological polar surface area (TPSA) is 53.1 Å². The van der Waals surface area contributed by atoms with Crippen LogP contribution in [-0.2, 0) is 0 Å². The van der Waals surface area contributed by atoms with Crippen LogP contribution < -0.4 is 10.6 Å². The van der Waals surface area contributed by atoms with E-state index in [4.69, 9.17) is 9.97 Å². The van der Waals surface area contributed by atoms with Gasteiger partial charge in [0.15, 0.2) is 0 Å². The number of hydrogen-bond donors (Lipinski definition) is 2. The molecule has 1 aromatic heterocycles. The highest BCUT2D eigenvalue weighted by Crippen LogP contribution is 2.27. The molecule has 0 saturated carbocycles. The average molecular weight is 376 g/mol. The van der Waals surface area contributed by atoms with Crippen LogP contribution in [0, 0.1) is 0 Å². The predicted octanol–water partition coefficient (Wildman–Crippen LogP) is 4.98. The molecule has 0 bridgehead atoms. The van der Waals surface area contributed by atoms with E-state index in [1.54, 1.807) is 0 Å². The van der Waals surface area contributed by atoms with E-state index in [1.165, 1.54) is 5.56 Å². The Morgan fingerprint density at radius 2 is 1.64 bits per heavy atom. The van der Waals surface area contributed by atoms with Crippen molar-refractivity contribution in [3.8, 4) is 11.3 Å². The molecule has 0 atom stereocenters. The quantitative estimate of drug-likeness (QED) is 0.581. The molecule has 5 nitrogen and oxygen atoms in total. The van der Waals surface area contributed by atoms with Crippen molar-refractivity contribution in [2.45, 2.75) is 19.8 Å². The fourth-order valence-corrected chi connectivity index (χ4v) is 2.99. The predicted molar refractivity (Wildman–Crippen MR) is 118 cm³/mol. The molecule has 2 N–H and O–H groups in total. The molecule has 0 unspecified atom stereocenters. The Kier molecular flexibility index (Phi) is 6.61. The fraction of sp³-hybridized carbons (Fsp3) is 0.304. The van der Waals surface area contributed by atoms with Crippen molar-refractivity contribution in [1.29, 1.82) is 0 Å². The first kappa shape index (κ1) is 19.8. The molecule has 3 rings (SSSR count). The maximum Gasteiger partial charge on any atom is 0.229 e. The minimum atomic E-state index is 0.415. The molecule has 0 fully saturated rings. The number of likely N-dealkylation sites (N-methyl/N-ethyl adjacent to an activating group) is 1. The summed E-state index contributed by atoms with van der Waals surface area (Å²) in [6.07, 6.45) is 0. The zero-order valence-corrected chi connectivity index (χ0v) is 17.1. The highest BCUT2D eigenvalue weighted by Gasteiger charge is 2.10. The molecule has 0 radical (unpaired) electrons. The van der Waals surface area contributed by atoms with Crippen LogP contribution in [0.1, 0.15) is 25.3 Å². The lowest BCUT2D eigenvalue weighted by Crippen LogP contribution is -2.21. The molecule has 0 aliphatic carbocycles. The number of benzene rings is 2. The third-order valence-electron chi connectivity index (χ3n) is 4.49. The van der Waals surface area contributed by atoms with E-state index in [2.05, 4.69) is 73.8 Å². The number of aromatic nitrogens is 2. The zero-order valence-electron chi connectivity index (χ0n) is 17.1. The third-order valence-corrected chi connectivity index (χ3v) is 4.49. The molecular weight excluding hydrogens is 346 g/mol. The molecule has 0 amide bonds. The van der Waals surface area contributed by atoms with E-state index >= 15 is 0 Å². The molecule has 0 spiro atoms. The maximum absolute atomic E-state index is 4.77. The summed E-state index contributed by atoms with van der Waals surface area (Å²) in [6, 6.07) is 20.5. The van der Waals surface area contributed by atoms with Gasteiger partial charge >= 0.3 is 0 Å². The lowest BCUT2D eigenvalue weighted by Gasteiger charge is -2.16. The van der Waals surface area contributed by atoms with E-state index in [0.29, 0.717) is 11.9 Å². The van der Waals surface area contributed by atoms with Crippen molar-refractivity contribution in [1.82, 2.24) is 14.9 Å². The van der Waals surface area contributed by atoms with Gasteiger partial charge in [-0.15, -0.1) is 0 Å². The smallest absolute Gasteiger partial charge is 0.229 e. The Labute approximate surface area is 167 Å². The summed E-state index contributed by atoms with van der Waals surface area (Å²) in [4.78, 5) is 11.6. The van der Waals surface area contributed by atoms with Gasteiger partial charge in [-0.3, -0.25) is 0 Å². The molecular formula is C23H29N5. The van der Waals surface area contributed by atoms with Gasteiger partial charge in [0, 0.05) is 30.4 Å². The van der Waals surface area contributed by atoms with Crippen LogP contribution in [0.4, 0.5) is 17.5 Å². The van der Waals surface area contributed by atoms with Gasteiger partial charge in [-0.2, -0.15) is 4.98 Å². The molecule has 0 aliphatic heterocycles. The van der Waals surface area contributed by atoms with Crippen LogP contribution in [0.2, 0.25) is 0 Å². The Bertz CT molecular complexity index is 891. The fourth-order valence-electron chi connectivity index (χ4n) is 2.99. The van der Waals surface area contributed by atoms with Gasteiger partial charge < -0.3 is 15.5 Å². The van der Waals surface area contributed by atoms with Crippen molar-refractivity contribution in [3.63, 3.8) is 0 Å². The van der Waals surface area contributed by atoms with Crippen molar-refractivity contribution < 1.29 is 0 Å². The summed E-state index contributed by atoms with van der Waals surface area (Å²) < 4.78 is 0. The maximum atomic E-state index is 4.77. The molecule has 2 aromatic carbocycles. The Hall–Kier alpha value is -2.92. The second-order valence-electron chi connectivity index (χ2n) is 7.43. The monoisotopic (exact) mass is 375 g/mol. The largest absolute Gasteiger partial charge is 0.369 e. The summed E-state index contributed by atoms with van der Waals surface area (Å²) in [5, 5.41) is 6.85. The number of rotatable bonds is 8. The summed E-state index contributed by atoms with van der Waals surface area (Å²) in [7, 11) is 4.12. The first-order valence-electron chi connectivity index (χ1n) is 9.72. The van der Waals surface area contributed by atoms with Crippen LogP contribution in [0.15, 0.2) is 60.7 Å². The highest BCUT2D eigenvalue weighted by molar-refractivity contribution is 5.67. The SMILES string of the molecule is CC(C)c1ccccc1Nc1nc(NCCN(C)C)cc(-c2ccccc2)n1. The second kappa shape index (κ2) is 9.33. The second-order valence-corrected chi connectivity index (χ2v) is 7.43. The van der Waals surface area contributed by atoms with Gasteiger partial charge in [0.2, 0.25) is 5.95 Å². The van der Waals surface area contributed by atoms with Gasteiger partial charge in [0.25, 0.3) is 0 Å². The molecule has 28 heavy (non-hydrogen) atoms. The Morgan fingerprint density at radius 3 is 2.36 bits per heavy atom.